The molecule has 0 saturated heterocycles. The van der Waals surface area contributed by atoms with Crippen LogP contribution in [0.15, 0.2) is 0 Å². The minimum atomic E-state index is -0.0595. The number of carbonyl (C=O) groups is 1. The van der Waals surface area contributed by atoms with Gasteiger partial charge in [0.1, 0.15) is 6.73 Å². The maximum Gasteiger partial charge on any atom is 0.307 e. The van der Waals surface area contributed by atoms with Crippen LogP contribution >= 0.6 is 0 Å². The first kappa shape index (κ1) is 20.4. The van der Waals surface area contributed by atoms with Crippen molar-refractivity contribution >= 4 is 5.97 Å². The summed E-state index contributed by atoms with van der Waals surface area (Å²) in [4.78, 5) is 13.2. The molecule has 0 unspecified atom stereocenters. The molecule has 0 heterocycles. The van der Waals surface area contributed by atoms with E-state index in [2.05, 4.69) is 6.92 Å². The highest BCUT2D eigenvalue weighted by atomic mass is 16.5. The Morgan fingerprint density at radius 2 is 1.19 bits per heavy atom. The largest absolute Gasteiger partial charge is 0.450 e. The van der Waals surface area contributed by atoms with E-state index in [0.717, 1.165) is 12.8 Å². The first-order chi connectivity index (χ1) is 10.2. The summed E-state index contributed by atoms with van der Waals surface area (Å²) in [6.45, 7) is 2.67. The highest BCUT2D eigenvalue weighted by molar-refractivity contribution is 5.69. The van der Waals surface area contributed by atoms with Crippen molar-refractivity contribution in [3.05, 3.63) is 0 Å². The number of esters is 1. The summed E-state index contributed by atoms with van der Waals surface area (Å²) in [7, 11) is 3.80. The van der Waals surface area contributed by atoms with Crippen LogP contribution in [-0.4, -0.2) is 31.7 Å². The average Bonchev–Trinajstić information content (AvgIpc) is 2.46. The summed E-state index contributed by atoms with van der Waals surface area (Å²) >= 11 is 0. The number of hydrogen-bond acceptors (Lipinski definition) is 3. The lowest BCUT2D eigenvalue weighted by Gasteiger charge is -2.10. The van der Waals surface area contributed by atoms with Crippen molar-refractivity contribution < 1.29 is 9.53 Å². The Morgan fingerprint density at radius 1 is 0.762 bits per heavy atom. The highest BCUT2D eigenvalue weighted by Gasteiger charge is 2.02. The smallest absolute Gasteiger partial charge is 0.307 e. The van der Waals surface area contributed by atoms with Crippen molar-refractivity contribution in [2.45, 2.75) is 90.4 Å². The van der Waals surface area contributed by atoms with Gasteiger partial charge < -0.3 is 4.74 Å². The van der Waals surface area contributed by atoms with Gasteiger partial charge in [0.25, 0.3) is 0 Å². The van der Waals surface area contributed by atoms with Gasteiger partial charge in [-0.3, -0.25) is 9.69 Å². The number of ether oxygens (including phenoxy) is 1. The van der Waals surface area contributed by atoms with Crippen LogP contribution in [0.2, 0.25) is 0 Å². The van der Waals surface area contributed by atoms with Crippen LogP contribution in [0, 0.1) is 0 Å². The third-order valence-corrected chi connectivity index (χ3v) is 3.72. The topological polar surface area (TPSA) is 29.5 Å². The monoisotopic (exact) mass is 299 g/mol. The molecule has 0 aliphatic rings. The van der Waals surface area contributed by atoms with E-state index in [-0.39, 0.29) is 5.97 Å². The Labute approximate surface area is 132 Å². The second-order valence-electron chi connectivity index (χ2n) is 6.36. The first-order valence-electron chi connectivity index (χ1n) is 8.97. The van der Waals surface area contributed by atoms with Gasteiger partial charge in [-0.15, -0.1) is 0 Å². The molecule has 0 N–H and O–H groups in total. The van der Waals surface area contributed by atoms with E-state index in [0.29, 0.717) is 13.2 Å². The molecule has 0 fully saturated rings. The van der Waals surface area contributed by atoms with Gasteiger partial charge in [-0.25, -0.2) is 0 Å². The molecule has 0 aliphatic carbocycles. The first-order valence-corrected chi connectivity index (χ1v) is 8.97. The Kier molecular flexibility index (Phi) is 15.4. The summed E-state index contributed by atoms with van der Waals surface area (Å²) in [5.74, 6) is -0.0595. The lowest BCUT2D eigenvalue weighted by atomic mass is 10.0. The van der Waals surface area contributed by atoms with Crippen molar-refractivity contribution in [3.8, 4) is 0 Å². The van der Waals surface area contributed by atoms with E-state index in [4.69, 9.17) is 4.74 Å². The van der Waals surface area contributed by atoms with Gasteiger partial charge in [0.15, 0.2) is 0 Å². The van der Waals surface area contributed by atoms with Crippen molar-refractivity contribution in [3.63, 3.8) is 0 Å². The minimum Gasteiger partial charge on any atom is -0.450 e. The van der Waals surface area contributed by atoms with Gasteiger partial charge in [0.05, 0.1) is 0 Å². The molecule has 0 rings (SSSR count). The zero-order chi connectivity index (χ0) is 15.8. The van der Waals surface area contributed by atoms with Crippen molar-refractivity contribution in [2.75, 3.05) is 20.8 Å². The zero-order valence-corrected chi connectivity index (χ0v) is 14.7. The number of carbonyl (C=O) groups excluding carboxylic acids is 1. The minimum absolute atomic E-state index is 0.0595. The molecule has 0 bridgehead atoms. The molecule has 0 radical (unpaired) electrons. The molecule has 0 saturated carbocycles. The molecule has 0 aliphatic heterocycles. The fraction of sp³-hybridized carbons (Fsp3) is 0.944. The van der Waals surface area contributed by atoms with Crippen LogP contribution in [0.5, 0.6) is 0 Å². The summed E-state index contributed by atoms with van der Waals surface area (Å²) < 4.78 is 5.09. The maximum absolute atomic E-state index is 11.4. The van der Waals surface area contributed by atoms with Crippen molar-refractivity contribution in [2.24, 2.45) is 0 Å². The van der Waals surface area contributed by atoms with Gasteiger partial charge >= 0.3 is 5.97 Å². The van der Waals surface area contributed by atoms with Crippen LogP contribution in [-0.2, 0) is 9.53 Å². The zero-order valence-electron chi connectivity index (χ0n) is 14.7. The van der Waals surface area contributed by atoms with Crippen molar-refractivity contribution in [1.82, 2.24) is 4.90 Å². The molecular formula is C18H37NO2. The molecule has 126 valence electrons. The molecule has 3 nitrogen and oxygen atoms in total. The predicted molar refractivity (Wildman–Crippen MR) is 90.3 cm³/mol. The van der Waals surface area contributed by atoms with E-state index in [1.807, 2.05) is 19.0 Å². The molecule has 0 atom stereocenters. The van der Waals surface area contributed by atoms with E-state index in [9.17, 15) is 4.79 Å². The Balaban J connectivity index is 3.10. The quantitative estimate of drug-likeness (QED) is 0.238. The van der Waals surface area contributed by atoms with Gasteiger partial charge in [-0.05, 0) is 20.5 Å². The van der Waals surface area contributed by atoms with Gasteiger partial charge in [0.2, 0.25) is 0 Å². The molecular weight excluding hydrogens is 262 g/mol. The molecule has 0 amide bonds. The fourth-order valence-electron chi connectivity index (χ4n) is 2.38. The number of unbranched alkanes of at least 4 members (excludes halogenated alkanes) is 11. The molecule has 21 heavy (non-hydrogen) atoms. The van der Waals surface area contributed by atoms with E-state index < -0.39 is 0 Å². The number of nitrogens with zero attached hydrogens (tertiary/aromatic N) is 1. The summed E-state index contributed by atoms with van der Waals surface area (Å²) in [5, 5.41) is 0. The van der Waals surface area contributed by atoms with Crippen LogP contribution in [0.25, 0.3) is 0 Å². The second kappa shape index (κ2) is 15.8. The summed E-state index contributed by atoms with van der Waals surface area (Å²) in [6, 6.07) is 0. The Hall–Kier alpha value is -0.570. The van der Waals surface area contributed by atoms with E-state index in [1.54, 1.807) is 0 Å². The number of hydrogen-bond donors (Lipinski definition) is 0. The lowest BCUT2D eigenvalue weighted by Crippen LogP contribution is -2.19. The second-order valence-corrected chi connectivity index (χ2v) is 6.36. The Morgan fingerprint density at radius 3 is 1.62 bits per heavy atom. The molecule has 0 spiro atoms. The summed E-state index contributed by atoms with van der Waals surface area (Å²) in [5.41, 5.74) is 0. The SMILES string of the molecule is CCCCCCCCCCCCCCC(=O)OCN(C)C. The van der Waals surface area contributed by atoms with Crippen LogP contribution in [0.1, 0.15) is 90.4 Å². The van der Waals surface area contributed by atoms with E-state index in [1.165, 1.54) is 64.2 Å². The van der Waals surface area contributed by atoms with Crippen LogP contribution in [0.3, 0.4) is 0 Å². The number of rotatable bonds is 15. The third-order valence-electron chi connectivity index (χ3n) is 3.72. The van der Waals surface area contributed by atoms with Crippen LogP contribution < -0.4 is 0 Å². The van der Waals surface area contributed by atoms with Crippen molar-refractivity contribution in [1.29, 1.82) is 0 Å². The van der Waals surface area contributed by atoms with E-state index >= 15 is 0 Å². The standard InChI is InChI=1S/C18H37NO2/c1-4-5-6-7-8-9-10-11-12-13-14-15-16-18(20)21-17-19(2)3/h4-17H2,1-3H3. The normalized spacial score (nSPS) is 11.0. The van der Waals surface area contributed by atoms with Gasteiger partial charge in [-0.2, -0.15) is 0 Å². The van der Waals surface area contributed by atoms with Gasteiger partial charge in [-0.1, -0.05) is 77.6 Å². The molecule has 0 aromatic carbocycles. The molecule has 0 aromatic heterocycles. The Bertz CT molecular complexity index is 229. The fourth-order valence-corrected chi connectivity index (χ4v) is 2.38. The molecule has 0 aromatic rings. The summed E-state index contributed by atoms with van der Waals surface area (Å²) in [6.07, 6.45) is 16.4. The molecule has 3 heteroatoms. The maximum atomic E-state index is 11.4. The average molecular weight is 299 g/mol. The van der Waals surface area contributed by atoms with Gasteiger partial charge in [0, 0.05) is 6.42 Å². The highest BCUT2D eigenvalue weighted by Crippen LogP contribution is 2.12. The predicted octanol–water partition coefficient (Wildman–Crippen LogP) is 5.14. The lowest BCUT2D eigenvalue weighted by molar-refractivity contribution is -0.147. The van der Waals surface area contributed by atoms with Crippen LogP contribution in [0.4, 0.5) is 0 Å². The third kappa shape index (κ3) is 17.4.